The number of hydrogen-bond acceptors (Lipinski definition) is 2. The molecule has 3 nitrogen and oxygen atoms in total. The molecule has 0 amide bonds. The van der Waals surface area contributed by atoms with Crippen molar-refractivity contribution in [2.75, 3.05) is 0 Å². The molecule has 0 saturated carbocycles. The molecule has 0 fully saturated rings. The van der Waals surface area contributed by atoms with Crippen molar-refractivity contribution in [3.8, 4) is 0 Å². The fourth-order valence-electron chi connectivity index (χ4n) is 1.95. The predicted molar refractivity (Wildman–Crippen MR) is 89.3 cm³/mol. The van der Waals surface area contributed by atoms with Crippen molar-refractivity contribution in [1.29, 1.82) is 0 Å². The smallest absolute Gasteiger partial charge is 0.207 e. The summed E-state index contributed by atoms with van der Waals surface area (Å²) in [6.07, 6.45) is 0. The molecule has 0 aromatic heterocycles. The SMILES string of the molecule is C[C@H](NS(=O)(=O)c1ccc(CBr)cc1)c1ccccc1Cl. The summed E-state index contributed by atoms with van der Waals surface area (Å²) in [5.74, 6) is 0. The molecule has 112 valence electrons. The molecule has 21 heavy (non-hydrogen) atoms. The van der Waals surface area contributed by atoms with Crippen LogP contribution in [0.3, 0.4) is 0 Å². The van der Waals surface area contributed by atoms with Crippen LogP contribution in [0.25, 0.3) is 0 Å². The highest BCUT2D eigenvalue weighted by atomic mass is 79.9. The minimum atomic E-state index is -3.57. The first-order chi connectivity index (χ1) is 9.94. The van der Waals surface area contributed by atoms with E-state index in [1.54, 1.807) is 37.3 Å². The maximum absolute atomic E-state index is 12.4. The van der Waals surface area contributed by atoms with E-state index in [9.17, 15) is 8.42 Å². The minimum absolute atomic E-state index is 0.242. The molecule has 0 radical (unpaired) electrons. The van der Waals surface area contributed by atoms with Crippen LogP contribution < -0.4 is 4.72 Å². The molecule has 1 N–H and O–H groups in total. The summed E-state index contributed by atoms with van der Waals surface area (Å²) < 4.78 is 27.4. The van der Waals surface area contributed by atoms with Gasteiger partial charge in [-0.1, -0.05) is 57.9 Å². The van der Waals surface area contributed by atoms with Crippen molar-refractivity contribution in [2.24, 2.45) is 0 Å². The van der Waals surface area contributed by atoms with Crippen LogP contribution in [0.5, 0.6) is 0 Å². The Balaban J connectivity index is 2.22. The lowest BCUT2D eigenvalue weighted by atomic mass is 10.1. The van der Waals surface area contributed by atoms with Crippen LogP contribution in [-0.4, -0.2) is 8.42 Å². The third-order valence-corrected chi connectivity index (χ3v) is 5.64. The summed E-state index contributed by atoms with van der Waals surface area (Å²) in [5, 5.41) is 1.24. The highest BCUT2D eigenvalue weighted by molar-refractivity contribution is 9.08. The Labute approximate surface area is 138 Å². The van der Waals surface area contributed by atoms with Crippen LogP contribution in [0.15, 0.2) is 53.4 Å². The molecule has 2 aromatic carbocycles. The molecule has 0 spiro atoms. The maximum Gasteiger partial charge on any atom is 0.241 e. The monoisotopic (exact) mass is 387 g/mol. The van der Waals surface area contributed by atoms with Crippen LogP contribution in [0, 0.1) is 0 Å². The zero-order valence-corrected chi connectivity index (χ0v) is 14.5. The number of alkyl halides is 1. The van der Waals surface area contributed by atoms with Gasteiger partial charge in [-0.3, -0.25) is 0 Å². The van der Waals surface area contributed by atoms with Crippen LogP contribution in [-0.2, 0) is 15.4 Å². The number of halogens is 2. The first kappa shape index (κ1) is 16.5. The Morgan fingerprint density at radius 2 is 1.76 bits per heavy atom. The van der Waals surface area contributed by atoms with Gasteiger partial charge in [0.1, 0.15) is 0 Å². The second-order valence-corrected chi connectivity index (χ2v) is 7.32. The lowest BCUT2D eigenvalue weighted by Gasteiger charge is -2.16. The molecular formula is C15H15BrClNO2S. The van der Waals surface area contributed by atoms with Crippen LogP contribution in [0.2, 0.25) is 5.02 Å². The third kappa shape index (κ3) is 4.07. The van der Waals surface area contributed by atoms with Crippen molar-refractivity contribution in [1.82, 2.24) is 4.72 Å². The van der Waals surface area contributed by atoms with Gasteiger partial charge in [0.05, 0.1) is 4.90 Å². The highest BCUT2D eigenvalue weighted by Crippen LogP contribution is 2.24. The number of benzene rings is 2. The molecule has 2 rings (SSSR count). The Kier molecular flexibility index (Phi) is 5.43. The normalized spacial score (nSPS) is 13.1. The van der Waals surface area contributed by atoms with Gasteiger partial charge in [0.2, 0.25) is 10.0 Å². The molecule has 0 aliphatic carbocycles. The molecule has 0 saturated heterocycles. The molecule has 0 heterocycles. The molecular weight excluding hydrogens is 374 g/mol. The fraction of sp³-hybridized carbons (Fsp3) is 0.200. The average Bonchev–Trinajstić information content (AvgIpc) is 2.47. The van der Waals surface area contributed by atoms with E-state index >= 15 is 0 Å². The number of hydrogen-bond donors (Lipinski definition) is 1. The second-order valence-electron chi connectivity index (χ2n) is 4.64. The topological polar surface area (TPSA) is 46.2 Å². The summed E-state index contributed by atoms with van der Waals surface area (Å²) in [4.78, 5) is 0.242. The zero-order valence-electron chi connectivity index (χ0n) is 11.4. The van der Waals surface area contributed by atoms with Crippen molar-refractivity contribution >= 4 is 37.6 Å². The molecule has 0 bridgehead atoms. The molecule has 0 unspecified atom stereocenters. The van der Waals surface area contributed by atoms with Gasteiger partial charge in [-0.25, -0.2) is 13.1 Å². The molecule has 6 heteroatoms. The summed E-state index contributed by atoms with van der Waals surface area (Å²) >= 11 is 9.43. The predicted octanol–water partition coefficient (Wildman–Crippen LogP) is 4.27. The van der Waals surface area contributed by atoms with Crippen LogP contribution >= 0.6 is 27.5 Å². The molecule has 1 atom stereocenters. The quantitative estimate of drug-likeness (QED) is 0.777. The highest BCUT2D eigenvalue weighted by Gasteiger charge is 2.19. The van der Waals surface area contributed by atoms with Crippen LogP contribution in [0.4, 0.5) is 0 Å². The van der Waals surface area contributed by atoms with Gasteiger partial charge in [-0.2, -0.15) is 0 Å². The van der Waals surface area contributed by atoms with E-state index in [1.165, 1.54) is 0 Å². The van der Waals surface area contributed by atoms with Crippen molar-refractivity contribution in [3.63, 3.8) is 0 Å². The molecule has 0 aliphatic heterocycles. The summed E-state index contributed by atoms with van der Waals surface area (Å²) in [6, 6.07) is 13.5. The maximum atomic E-state index is 12.4. The minimum Gasteiger partial charge on any atom is -0.207 e. The van der Waals surface area contributed by atoms with E-state index in [2.05, 4.69) is 20.7 Å². The molecule has 2 aromatic rings. The van der Waals surface area contributed by atoms with Gasteiger partial charge in [0.15, 0.2) is 0 Å². The van der Waals surface area contributed by atoms with Crippen molar-refractivity contribution in [3.05, 3.63) is 64.7 Å². The number of rotatable bonds is 5. The number of nitrogens with one attached hydrogen (secondary N) is 1. The summed E-state index contributed by atoms with van der Waals surface area (Å²) in [5.41, 5.74) is 1.77. The first-order valence-electron chi connectivity index (χ1n) is 6.35. The van der Waals surface area contributed by atoms with E-state index < -0.39 is 16.1 Å². The third-order valence-electron chi connectivity index (χ3n) is 3.09. The van der Waals surface area contributed by atoms with Crippen molar-refractivity contribution < 1.29 is 8.42 Å². The first-order valence-corrected chi connectivity index (χ1v) is 9.34. The lowest BCUT2D eigenvalue weighted by Crippen LogP contribution is -2.27. The molecule has 0 aliphatic rings. The second kappa shape index (κ2) is 6.92. The van der Waals surface area contributed by atoms with E-state index in [4.69, 9.17) is 11.6 Å². The van der Waals surface area contributed by atoms with Gasteiger partial charge in [0.25, 0.3) is 0 Å². The summed E-state index contributed by atoms with van der Waals surface area (Å²) in [6.45, 7) is 1.77. The average molecular weight is 389 g/mol. The van der Waals surface area contributed by atoms with Crippen molar-refractivity contribution in [2.45, 2.75) is 23.2 Å². The van der Waals surface area contributed by atoms with Gasteiger partial charge in [-0.05, 0) is 36.2 Å². The van der Waals surface area contributed by atoms with Gasteiger partial charge in [0, 0.05) is 16.4 Å². The van der Waals surface area contributed by atoms with Gasteiger partial charge in [-0.15, -0.1) is 0 Å². The van der Waals surface area contributed by atoms with E-state index in [-0.39, 0.29) is 4.90 Å². The van der Waals surface area contributed by atoms with Gasteiger partial charge < -0.3 is 0 Å². The van der Waals surface area contributed by atoms with E-state index in [0.717, 1.165) is 11.1 Å². The zero-order chi connectivity index (χ0) is 15.5. The standard InChI is InChI=1S/C15H15BrClNO2S/c1-11(14-4-2-3-5-15(14)17)18-21(19,20)13-8-6-12(10-16)7-9-13/h2-9,11,18H,10H2,1H3/t11-/m0/s1. The Hall–Kier alpha value is -0.880. The lowest BCUT2D eigenvalue weighted by molar-refractivity contribution is 0.567. The van der Waals surface area contributed by atoms with Gasteiger partial charge >= 0.3 is 0 Å². The Morgan fingerprint density at radius 3 is 2.33 bits per heavy atom. The van der Waals surface area contributed by atoms with E-state index in [1.807, 2.05) is 18.2 Å². The largest absolute Gasteiger partial charge is 0.241 e. The Morgan fingerprint density at radius 1 is 1.14 bits per heavy atom. The summed E-state index contributed by atoms with van der Waals surface area (Å²) in [7, 11) is -3.57. The Bertz CT molecular complexity index is 717. The number of sulfonamides is 1. The van der Waals surface area contributed by atoms with E-state index in [0.29, 0.717) is 10.4 Å². The van der Waals surface area contributed by atoms with Crippen LogP contribution in [0.1, 0.15) is 24.1 Å². The fourth-order valence-corrected chi connectivity index (χ4v) is 3.84.